The maximum absolute atomic E-state index is 11.4. The summed E-state index contributed by atoms with van der Waals surface area (Å²) >= 11 is 0. The predicted octanol–water partition coefficient (Wildman–Crippen LogP) is 0.494. The van der Waals surface area contributed by atoms with Gasteiger partial charge in [0.2, 0.25) is 0 Å². The topological polar surface area (TPSA) is 109 Å². The summed E-state index contributed by atoms with van der Waals surface area (Å²) in [7, 11) is 1.13. The highest BCUT2D eigenvalue weighted by molar-refractivity contribution is 6.37. The third kappa shape index (κ3) is 3.72. The number of methoxy groups -OCH3 is 1. The van der Waals surface area contributed by atoms with Gasteiger partial charge >= 0.3 is 17.8 Å². The Bertz CT molecular complexity index is 564. The highest BCUT2D eigenvalue weighted by Crippen LogP contribution is 2.22. The molecule has 1 amide bonds. The number of hydrogen-bond acceptors (Lipinski definition) is 6. The SMILES string of the molecule is COC(=O)C(=O)Nc1ccc(N2CCC(C(=O)O)CC2)nc1. The van der Waals surface area contributed by atoms with Crippen molar-refractivity contribution in [1.29, 1.82) is 0 Å². The number of rotatable bonds is 3. The molecule has 0 aliphatic carbocycles. The van der Waals surface area contributed by atoms with Gasteiger partial charge in [0.05, 0.1) is 24.9 Å². The van der Waals surface area contributed by atoms with Gasteiger partial charge in [-0.3, -0.25) is 9.59 Å². The lowest BCUT2D eigenvalue weighted by Gasteiger charge is -2.31. The molecule has 1 aromatic heterocycles. The summed E-state index contributed by atoms with van der Waals surface area (Å²) in [5, 5.41) is 11.3. The first-order valence-electron chi connectivity index (χ1n) is 6.84. The summed E-state index contributed by atoms with van der Waals surface area (Å²) in [6.45, 7) is 1.25. The third-order valence-corrected chi connectivity index (χ3v) is 3.54. The number of esters is 1. The van der Waals surface area contributed by atoms with Gasteiger partial charge in [0.1, 0.15) is 5.82 Å². The Kier molecular flexibility index (Phi) is 4.92. The standard InChI is InChI=1S/C14H17N3O5/c1-22-14(21)12(18)16-10-2-3-11(15-8-10)17-6-4-9(5-7-17)13(19)20/h2-3,8-9H,4-7H2,1H3,(H,16,18)(H,19,20). The van der Waals surface area contributed by atoms with E-state index in [9.17, 15) is 14.4 Å². The quantitative estimate of drug-likeness (QED) is 0.618. The average Bonchev–Trinajstić information content (AvgIpc) is 2.54. The third-order valence-electron chi connectivity index (χ3n) is 3.54. The van der Waals surface area contributed by atoms with Gasteiger partial charge < -0.3 is 20.1 Å². The van der Waals surface area contributed by atoms with Crippen molar-refractivity contribution in [3.05, 3.63) is 18.3 Å². The Morgan fingerprint density at radius 2 is 2.00 bits per heavy atom. The molecule has 22 heavy (non-hydrogen) atoms. The summed E-state index contributed by atoms with van der Waals surface area (Å²) in [5.41, 5.74) is 0.388. The molecular weight excluding hydrogens is 290 g/mol. The van der Waals surface area contributed by atoms with Crippen molar-refractivity contribution in [3.8, 4) is 0 Å². The predicted molar refractivity (Wildman–Crippen MR) is 77.5 cm³/mol. The number of aromatic nitrogens is 1. The molecule has 0 aromatic carbocycles. The molecule has 0 bridgehead atoms. The summed E-state index contributed by atoms with van der Waals surface area (Å²) in [6, 6.07) is 3.35. The number of nitrogens with one attached hydrogen (secondary N) is 1. The fraction of sp³-hybridized carbons (Fsp3) is 0.429. The van der Waals surface area contributed by atoms with E-state index in [4.69, 9.17) is 5.11 Å². The maximum atomic E-state index is 11.4. The molecule has 1 saturated heterocycles. The van der Waals surface area contributed by atoms with Gasteiger partial charge in [-0.05, 0) is 25.0 Å². The van der Waals surface area contributed by atoms with Crippen LogP contribution in [0.15, 0.2) is 18.3 Å². The molecule has 1 aliphatic heterocycles. The summed E-state index contributed by atoms with van der Waals surface area (Å²) in [5.74, 6) is -2.18. The molecule has 118 valence electrons. The molecule has 8 nitrogen and oxygen atoms in total. The molecule has 2 rings (SSSR count). The molecule has 0 saturated carbocycles. The first-order chi connectivity index (χ1) is 10.5. The van der Waals surface area contributed by atoms with Gasteiger partial charge in [-0.1, -0.05) is 0 Å². The molecule has 1 fully saturated rings. The van der Waals surface area contributed by atoms with Crippen LogP contribution >= 0.6 is 0 Å². The fourth-order valence-electron chi connectivity index (χ4n) is 2.28. The van der Waals surface area contributed by atoms with E-state index in [0.717, 1.165) is 7.11 Å². The number of carboxylic acids is 1. The maximum Gasteiger partial charge on any atom is 0.396 e. The van der Waals surface area contributed by atoms with Crippen LogP contribution in [-0.2, 0) is 19.1 Å². The second kappa shape index (κ2) is 6.88. The first kappa shape index (κ1) is 15.7. The number of ether oxygens (including phenoxy) is 1. The van der Waals surface area contributed by atoms with Crippen LogP contribution in [-0.4, -0.2) is 48.1 Å². The highest BCUT2D eigenvalue weighted by atomic mass is 16.5. The Morgan fingerprint density at radius 1 is 1.32 bits per heavy atom. The van der Waals surface area contributed by atoms with E-state index in [0.29, 0.717) is 37.4 Å². The Hall–Kier alpha value is -2.64. The number of hydrogen-bond donors (Lipinski definition) is 2. The van der Waals surface area contributed by atoms with Gasteiger partial charge in [-0.15, -0.1) is 0 Å². The lowest BCUT2D eigenvalue weighted by molar-refractivity contribution is -0.150. The molecule has 0 radical (unpaired) electrons. The smallest absolute Gasteiger partial charge is 0.396 e. The number of carbonyl (C=O) groups excluding carboxylic acids is 2. The zero-order chi connectivity index (χ0) is 16.1. The van der Waals surface area contributed by atoms with Crippen LogP contribution in [0.1, 0.15) is 12.8 Å². The molecular formula is C14H17N3O5. The fourth-order valence-corrected chi connectivity index (χ4v) is 2.28. The molecule has 0 spiro atoms. The van der Waals surface area contributed by atoms with E-state index in [1.807, 2.05) is 4.90 Å². The van der Waals surface area contributed by atoms with Gasteiger partial charge in [0.25, 0.3) is 0 Å². The van der Waals surface area contributed by atoms with Crippen LogP contribution in [0, 0.1) is 5.92 Å². The monoisotopic (exact) mass is 307 g/mol. The van der Waals surface area contributed by atoms with Crippen molar-refractivity contribution in [3.63, 3.8) is 0 Å². The zero-order valence-corrected chi connectivity index (χ0v) is 12.1. The summed E-state index contributed by atoms with van der Waals surface area (Å²) in [6.07, 6.45) is 2.61. The number of piperidine rings is 1. The van der Waals surface area contributed by atoms with Gasteiger partial charge in [0, 0.05) is 13.1 Å². The van der Waals surface area contributed by atoms with Gasteiger partial charge in [0.15, 0.2) is 0 Å². The molecule has 0 unspecified atom stereocenters. The van der Waals surface area contributed by atoms with Crippen molar-refractivity contribution in [2.75, 3.05) is 30.4 Å². The molecule has 2 heterocycles. The zero-order valence-electron chi connectivity index (χ0n) is 12.1. The van der Waals surface area contributed by atoms with Crippen molar-refractivity contribution >= 4 is 29.4 Å². The second-order valence-corrected chi connectivity index (χ2v) is 4.95. The van der Waals surface area contributed by atoms with Crippen LogP contribution in [0.3, 0.4) is 0 Å². The number of pyridine rings is 1. The molecule has 8 heteroatoms. The van der Waals surface area contributed by atoms with E-state index < -0.39 is 17.8 Å². The van der Waals surface area contributed by atoms with Crippen molar-refractivity contribution in [1.82, 2.24) is 4.98 Å². The first-order valence-corrected chi connectivity index (χ1v) is 6.84. The average molecular weight is 307 g/mol. The molecule has 1 aliphatic rings. The number of aliphatic carboxylic acids is 1. The normalized spacial score (nSPS) is 15.2. The van der Waals surface area contributed by atoms with Gasteiger partial charge in [-0.25, -0.2) is 9.78 Å². The molecule has 1 aromatic rings. The Morgan fingerprint density at radius 3 is 2.50 bits per heavy atom. The van der Waals surface area contributed by atoms with Crippen LogP contribution in [0.4, 0.5) is 11.5 Å². The summed E-state index contributed by atoms with van der Waals surface area (Å²) in [4.78, 5) is 39.5. The van der Waals surface area contributed by atoms with E-state index in [1.54, 1.807) is 12.1 Å². The van der Waals surface area contributed by atoms with Gasteiger partial charge in [-0.2, -0.15) is 0 Å². The minimum Gasteiger partial charge on any atom is -0.481 e. The molecule has 0 atom stereocenters. The van der Waals surface area contributed by atoms with E-state index >= 15 is 0 Å². The Labute approximate surface area is 127 Å². The number of amides is 1. The minimum absolute atomic E-state index is 0.296. The summed E-state index contributed by atoms with van der Waals surface area (Å²) < 4.78 is 4.30. The number of nitrogens with zero attached hydrogens (tertiary/aromatic N) is 2. The number of carbonyl (C=O) groups is 3. The number of carboxylic acid groups (broad SMARTS) is 1. The van der Waals surface area contributed by atoms with Crippen molar-refractivity contribution in [2.45, 2.75) is 12.8 Å². The number of anilines is 2. The largest absolute Gasteiger partial charge is 0.481 e. The van der Waals surface area contributed by atoms with E-state index in [-0.39, 0.29) is 5.92 Å². The van der Waals surface area contributed by atoms with Crippen LogP contribution < -0.4 is 10.2 Å². The molecule has 2 N–H and O–H groups in total. The van der Waals surface area contributed by atoms with Crippen molar-refractivity contribution < 1.29 is 24.2 Å². The van der Waals surface area contributed by atoms with E-state index in [1.165, 1.54) is 6.20 Å². The minimum atomic E-state index is -0.972. The second-order valence-electron chi connectivity index (χ2n) is 4.95. The van der Waals surface area contributed by atoms with Crippen LogP contribution in [0.25, 0.3) is 0 Å². The Balaban J connectivity index is 1.94. The van der Waals surface area contributed by atoms with Crippen molar-refractivity contribution in [2.24, 2.45) is 5.92 Å². The lowest BCUT2D eigenvalue weighted by atomic mass is 9.97. The van der Waals surface area contributed by atoms with E-state index in [2.05, 4.69) is 15.0 Å². The highest BCUT2D eigenvalue weighted by Gasteiger charge is 2.25. The van der Waals surface area contributed by atoms with Crippen LogP contribution in [0.2, 0.25) is 0 Å². The van der Waals surface area contributed by atoms with Crippen LogP contribution in [0.5, 0.6) is 0 Å². The lowest BCUT2D eigenvalue weighted by Crippen LogP contribution is -2.36.